The zero-order valence-corrected chi connectivity index (χ0v) is 14.1. The first-order chi connectivity index (χ1) is 12.0. The van der Waals surface area contributed by atoms with Crippen molar-refractivity contribution in [1.29, 1.82) is 0 Å². The smallest absolute Gasteiger partial charge is 0.269 e. The maximum atomic E-state index is 11.5. The molecule has 0 unspecified atom stereocenters. The van der Waals surface area contributed by atoms with E-state index >= 15 is 0 Å². The Balaban J connectivity index is 1.82. The molecule has 25 heavy (non-hydrogen) atoms. The third-order valence-corrected chi connectivity index (χ3v) is 4.66. The van der Waals surface area contributed by atoms with Gasteiger partial charge in [0.2, 0.25) is 0 Å². The van der Waals surface area contributed by atoms with Crippen LogP contribution in [0.15, 0.2) is 48.8 Å². The first-order valence-electron chi connectivity index (χ1n) is 7.44. The van der Waals surface area contributed by atoms with E-state index in [4.69, 9.17) is 0 Å². The first kappa shape index (κ1) is 16.7. The third kappa shape index (κ3) is 3.86. The quantitative estimate of drug-likeness (QED) is 0.409. The van der Waals surface area contributed by atoms with E-state index in [1.807, 2.05) is 6.07 Å². The summed E-state index contributed by atoms with van der Waals surface area (Å²) in [7, 11) is 0. The molecule has 0 aliphatic carbocycles. The molecule has 0 saturated heterocycles. The number of nitrogens with one attached hydrogen (secondary N) is 1. The topological polar surface area (TPSA) is 98.0 Å². The van der Waals surface area contributed by atoms with Crippen LogP contribution >= 0.6 is 11.3 Å². The Morgan fingerprint density at radius 1 is 1.24 bits per heavy atom. The Kier molecular flexibility index (Phi) is 4.80. The third-order valence-electron chi connectivity index (χ3n) is 3.47. The van der Waals surface area contributed by atoms with Crippen molar-refractivity contribution in [3.63, 3.8) is 0 Å². The summed E-state index contributed by atoms with van der Waals surface area (Å²) in [6, 6.07) is 10.0. The fraction of sp³-hybridized carbons (Fsp3) is 0.118. The highest BCUT2D eigenvalue weighted by Gasteiger charge is 2.13. The van der Waals surface area contributed by atoms with Crippen molar-refractivity contribution in [1.82, 2.24) is 9.97 Å². The molecule has 1 N–H and O–H groups in total. The molecule has 0 aliphatic rings. The number of ketones is 1. The molecule has 3 aromatic rings. The van der Waals surface area contributed by atoms with E-state index in [0.717, 1.165) is 10.4 Å². The highest BCUT2D eigenvalue weighted by Crippen LogP contribution is 2.31. The summed E-state index contributed by atoms with van der Waals surface area (Å²) >= 11 is 1.35. The average molecular weight is 354 g/mol. The summed E-state index contributed by atoms with van der Waals surface area (Å²) in [4.78, 5) is 32.0. The summed E-state index contributed by atoms with van der Waals surface area (Å²) in [6.07, 6.45) is 3.15. The number of nitro groups is 1. The molecule has 8 heteroatoms. The van der Waals surface area contributed by atoms with Gasteiger partial charge in [-0.1, -0.05) is 12.1 Å². The number of carbonyl (C=O) groups excluding carboxylic acids is 1. The van der Waals surface area contributed by atoms with Gasteiger partial charge in [0.05, 0.1) is 14.7 Å². The number of aromatic nitrogens is 2. The van der Waals surface area contributed by atoms with Crippen LogP contribution in [0.3, 0.4) is 0 Å². The average Bonchev–Trinajstić information content (AvgIpc) is 3.11. The summed E-state index contributed by atoms with van der Waals surface area (Å²) < 4.78 is 0. The minimum absolute atomic E-state index is 0.00578. The zero-order valence-electron chi connectivity index (χ0n) is 13.3. The van der Waals surface area contributed by atoms with E-state index in [1.165, 1.54) is 30.4 Å². The van der Waals surface area contributed by atoms with Crippen LogP contribution in [-0.4, -0.2) is 20.7 Å². The molecule has 0 spiro atoms. The Labute approximate surface area is 147 Å². The van der Waals surface area contributed by atoms with E-state index in [2.05, 4.69) is 15.3 Å². The van der Waals surface area contributed by atoms with Gasteiger partial charge in [-0.25, -0.2) is 9.97 Å². The monoisotopic (exact) mass is 354 g/mol. The molecule has 0 saturated carbocycles. The number of non-ortho nitro benzene ring substituents is 1. The number of rotatable bonds is 6. The van der Waals surface area contributed by atoms with Gasteiger partial charge in [0.1, 0.15) is 5.69 Å². The van der Waals surface area contributed by atoms with E-state index in [1.54, 1.807) is 30.6 Å². The zero-order chi connectivity index (χ0) is 17.8. The number of anilines is 1. The van der Waals surface area contributed by atoms with Gasteiger partial charge in [-0.15, -0.1) is 11.3 Å². The molecule has 2 heterocycles. The van der Waals surface area contributed by atoms with Crippen LogP contribution in [0.5, 0.6) is 0 Å². The van der Waals surface area contributed by atoms with Crippen LogP contribution < -0.4 is 5.32 Å². The van der Waals surface area contributed by atoms with Gasteiger partial charge in [0.15, 0.2) is 11.6 Å². The van der Waals surface area contributed by atoms with Gasteiger partial charge in [-0.2, -0.15) is 0 Å². The van der Waals surface area contributed by atoms with Crippen molar-refractivity contribution < 1.29 is 9.72 Å². The van der Waals surface area contributed by atoms with Crippen LogP contribution in [0.25, 0.3) is 10.6 Å². The predicted octanol–water partition coefficient (Wildman–Crippen LogP) is 3.93. The van der Waals surface area contributed by atoms with Crippen molar-refractivity contribution in [2.45, 2.75) is 13.5 Å². The second kappa shape index (κ2) is 7.18. The van der Waals surface area contributed by atoms with Gasteiger partial charge >= 0.3 is 0 Å². The lowest BCUT2D eigenvalue weighted by Crippen LogP contribution is -2.04. The molecular formula is C17H14N4O3S. The Hall–Kier alpha value is -3.13. The van der Waals surface area contributed by atoms with Crippen LogP contribution in [0.4, 0.5) is 11.5 Å². The van der Waals surface area contributed by atoms with Crippen LogP contribution in [0.2, 0.25) is 0 Å². The number of hydrogen-bond acceptors (Lipinski definition) is 7. The van der Waals surface area contributed by atoms with Gasteiger partial charge in [-0.3, -0.25) is 14.9 Å². The van der Waals surface area contributed by atoms with Crippen molar-refractivity contribution in [3.8, 4) is 10.6 Å². The molecule has 0 radical (unpaired) electrons. The number of Topliss-reactive ketones (excluding diaryl/α,β-unsaturated/α-hetero) is 1. The number of carbonyl (C=O) groups is 1. The lowest BCUT2D eigenvalue weighted by Gasteiger charge is -2.09. The van der Waals surface area contributed by atoms with Crippen molar-refractivity contribution >= 4 is 28.6 Å². The molecule has 0 bridgehead atoms. The van der Waals surface area contributed by atoms with Gasteiger partial charge in [0, 0.05) is 31.1 Å². The molecule has 7 nitrogen and oxygen atoms in total. The van der Waals surface area contributed by atoms with Crippen LogP contribution in [0.1, 0.15) is 22.2 Å². The lowest BCUT2D eigenvalue weighted by atomic mass is 10.2. The van der Waals surface area contributed by atoms with Gasteiger partial charge in [-0.05, 0) is 24.6 Å². The van der Waals surface area contributed by atoms with Crippen LogP contribution in [0, 0.1) is 10.1 Å². The number of nitrogens with zero attached hydrogens (tertiary/aromatic N) is 3. The van der Waals surface area contributed by atoms with E-state index in [-0.39, 0.29) is 11.5 Å². The van der Waals surface area contributed by atoms with Crippen molar-refractivity contribution in [3.05, 3.63) is 69.3 Å². The highest BCUT2D eigenvalue weighted by molar-refractivity contribution is 7.17. The fourth-order valence-corrected chi connectivity index (χ4v) is 3.17. The number of thiophene rings is 1. The molecule has 0 aliphatic heterocycles. The normalized spacial score (nSPS) is 10.4. The largest absolute Gasteiger partial charge is 0.364 e. The van der Waals surface area contributed by atoms with Crippen LogP contribution in [-0.2, 0) is 6.54 Å². The van der Waals surface area contributed by atoms with Crippen molar-refractivity contribution in [2.24, 2.45) is 0 Å². The molecule has 0 fully saturated rings. The molecule has 0 atom stereocenters. The maximum Gasteiger partial charge on any atom is 0.269 e. The summed E-state index contributed by atoms with van der Waals surface area (Å²) in [5.41, 5.74) is 1.45. The number of nitro benzene ring substituents is 1. The molecule has 126 valence electrons. The van der Waals surface area contributed by atoms with Gasteiger partial charge in [0.25, 0.3) is 5.69 Å². The van der Waals surface area contributed by atoms with Crippen molar-refractivity contribution in [2.75, 3.05) is 5.32 Å². The molecule has 2 aromatic heterocycles. The molecule has 3 rings (SSSR count). The SMILES string of the molecule is CC(=O)c1ccc(-c2nccnc2NCc2cccc([N+](=O)[O-])c2)s1. The Morgan fingerprint density at radius 2 is 2.04 bits per heavy atom. The lowest BCUT2D eigenvalue weighted by molar-refractivity contribution is -0.384. The van der Waals surface area contributed by atoms with E-state index in [9.17, 15) is 14.9 Å². The second-order valence-electron chi connectivity index (χ2n) is 5.25. The first-order valence-corrected chi connectivity index (χ1v) is 8.25. The predicted molar refractivity (Wildman–Crippen MR) is 95.8 cm³/mol. The highest BCUT2D eigenvalue weighted by atomic mass is 32.1. The molecule has 0 amide bonds. The second-order valence-corrected chi connectivity index (χ2v) is 6.34. The molecular weight excluding hydrogens is 340 g/mol. The van der Waals surface area contributed by atoms with Gasteiger partial charge < -0.3 is 5.32 Å². The maximum absolute atomic E-state index is 11.5. The summed E-state index contributed by atoms with van der Waals surface area (Å²) in [6.45, 7) is 1.89. The standard InChI is InChI=1S/C17H14N4O3S/c1-11(22)14-5-6-15(25-14)16-17(19-8-7-18-16)20-10-12-3-2-4-13(9-12)21(23)24/h2-9H,10H2,1H3,(H,19,20). The Bertz CT molecular complexity index is 939. The molecule has 1 aromatic carbocycles. The van der Waals surface area contributed by atoms with E-state index < -0.39 is 4.92 Å². The summed E-state index contributed by atoms with van der Waals surface area (Å²) in [5.74, 6) is 0.567. The minimum Gasteiger partial charge on any atom is -0.364 e. The number of benzene rings is 1. The fourth-order valence-electron chi connectivity index (χ4n) is 2.27. The number of hydrogen-bond donors (Lipinski definition) is 1. The van der Waals surface area contributed by atoms with E-state index in [0.29, 0.717) is 22.9 Å². The minimum atomic E-state index is -0.424. The Morgan fingerprint density at radius 3 is 2.76 bits per heavy atom. The summed E-state index contributed by atoms with van der Waals surface area (Å²) in [5, 5.41) is 14.0.